The molecule has 9 heteroatoms. The minimum absolute atomic E-state index is 0.295. The number of aryl methyl sites for hydroxylation is 2. The molecule has 0 bridgehead atoms. The van der Waals surface area contributed by atoms with Crippen molar-refractivity contribution in [3.63, 3.8) is 0 Å². The number of carbonyl (C=O) groups excluding carboxylic acids is 2. The highest BCUT2D eigenvalue weighted by Gasteiger charge is 2.30. The van der Waals surface area contributed by atoms with Crippen LogP contribution in [-0.2, 0) is 4.79 Å². The summed E-state index contributed by atoms with van der Waals surface area (Å²) in [6, 6.07) is 6.18. The number of benzene rings is 1. The van der Waals surface area contributed by atoms with Crippen molar-refractivity contribution >= 4 is 58.0 Å². The third-order valence-electron chi connectivity index (χ3n) is 3.03. The minimum atomic E-state index is -2.05. The normalized spacial score (nSPS) is 11.2. The van der Waals surface area contributed by atoms with E-state index < -0.39 is 9.70 Å². The standard InChI is InChI=1S/C14H13Cl3N4O2/c1-7-11(8(2)21-20-7)19-12(22)9-3-5-10(6-4-9)18-13(23)14(15,16)17/h3-6H,1-2H3,(H,18,23)(H,19,22)(H,20,21). The predicted molar refractivity (Wildman–Crippen MR) is 91.4 cm³/mol. The number of aromatic nitrogens is 2. The van der Waals surface area contributed by atoms with Gasteiger partial charge in [0.15, 0.2) is 0 Å². The number of carbonyl (C=O) groups is 2. The van der Waals surface area contributed by atoms with Gasteiger partial charge in [-0.2, -0.15) is 5.10 Å². The molecule has 6 nitrogen and oxygen atoms in total. The Morgan fingerprint density at radius 2 is 1.70 bits per heavy atom. The molecule has 0 atom stereocenters. The molecular formula is C14H13Cl3N4O2. The Morgan fingerprint density at radius 3 is 2.17 bits per heavy atom. The molecule has 2 rings (SSSR count). The van der Waals surface area contributed by atoms with Gasteiger partial charge in [0.05, 0.1) is 17.1 Å². The van der Waals surface area contributed by atoms with Crippen molar-refractivity contribution in [1.82, 2.24) is 10.2 Å². The van der Waals surface area contributed by atoms with Crippen molar-refractivity contribution in [2.45, 2.75) is 17.6 Å². The first-order valence-corrected chi connectivity index (χ1v) is 7.63. The van der Waals surface area contributed by atoms with Crippen LogP contribution in [0.2, 0.25) is 0 Å². The van der Waals surface area contributed by atoms with Gasteiger partial charge in [-0.25, -0.2) is 0 Å². The lowest BCUT2D eigenvalue weighted by molar-refractivity contribution is -0.115. The fraction of sp³-hybridized carbons (Fsp3) is 0.214. The maximum Gasteiger partial charge on any atom is 0.276 e. The van der Waals surface area contributed by atoms with Crippen LogP contribution in [0.1, 0.15) is 21.7 Å². The quantitative estimate of drug-likeness (QED) is 0.717. The number of hydrogen-bond donors (Lipinski definition) is 3. The molecule has 0 saturated carbocycles. The Kier molecular flexibility index (Phi) is 5.19. The summed E-state index contributed by atoms with van der Waals surface area (Å²) >= 11 is 16.4. The van der Waals surface area contributed by atoms with Crippen LogP contribution < -0.4 is 10.6 Å². The number of hydrogen-bond acceptors (Lipinski definition) is 3. The molecule has 122 valence electrons. The van der Waals surface area contributed by atoms with E-state index in [-0.39, 0.29) is 5.91 Å². The lowest BCUT2D eigenvalue weighted by Crippen LogP contribution is -2.26. The third-order valence-corrected chi connectivity index (χ3v) is 3.54. The van der Waals surface area contributed by atoms with Crippen molar-refractivity contribution in [3.8, 4) is 0 Å². The molecule has 23 heavy (non-hydrogen) atoms. The van der Waals surface area contributed by atoms with Crippen LogP contribution in [0.5, 0.6) is 0 Å². The Bertz CT molecular complexity index is 716. The van der Waals surface area contributed by atoms with Crippen molar-refractivity contribution < 1.29 is 9.59 Å². The number of anilines is 2. The highest BCUT2D eigenvalue weighted by atomic mass is 35.6. The Hall–Kier alpha value is -1.76. The Morgan fingerprint density at radius 1 is 1.09 bits per heavy atom. The second-order valence-corrected chi connectivity index (χ2v) is 7.07. The summed E-state index contributed by atoms with van der Waals surface area (Å²) in [5, 5.41) is 12.0. The Balaban J connectivity index is 2.07. The number of amides is 2. The maximum absolute atomic E-state index is 12.2. The van der Waals surface area contributed by atoms with Crippen molar-refractivity contribution in [3.05, 3.63) is 41.2 Å². The molecule has 0 aliphatic heterocycles. The van der Waals surface area contributed by atoms with E-state index in [9.17, 15) is 9.59 Å². The average molecular weight is 376 g/mol. The number of alkyl halides is 3. The number of nitrogens with one attached hydrogen (secondary N) is 3. The van der Waals surface area contributed by atoms with E-state index in [1.165, 1.54) is 12.1 Å². The van der Waals surface area contributed by atoms with Gasteiger partial charge in [0.2, 0.25) is 0 Å². The topological polar surface area (TPSA) is 86.9 Å². The second-order valence-electron chi connectivity index (χ2n) is 4.79. The van der Waals surface area contributed by atoms with Gasteiger partial charge < -0.3 is 10.6 Å². The van der Waals surface area contributed by atoms with Crippen LogP contribution in [0.3, 0.4) is 0 Å². The number of halogens is 3. The summed E-state index contributed by atoms with van der Waals surface area (Å²) in [6.07, 6.45) is 0. The first-order valence-electron chi connectivity index (χ1n) is 6.49. The van der Waals surface area contributed by atoms with Gasteiger partial charge >= 0.3 is 0 Å². The molecule has 0 aliphatic carbocycles. The molecule has 1 aromatic heterocycles. The fourth-order valence-corrected chi connectivity index (χ4v) is 1.97. The van der Waals surface area contributed by atoms with Gasteiger partial charge in [0.1, 0.15) is 0 Å². The monoisotopic (exact) mass is 374 g/mol. The first kappa shape index (κ1) is 17.6. The molecule has 3 N–H and O–H groups in total. The lowest BCUT2D eigenvalue weighted by atomic mass is 10.2. The van der Waals surface area contributed by atoms with Crippen LogP contribution in [-0.4, -0.2) is 25.8 Å². The zero-order chi connectivity index (χ0) is 17.2. The number of rotatable bonds is 3. The van der Waals surface area contributed by atoms with Gasteiger partial charge in [0.25, 0.3) is 15.6 Å². The molecular weight excluding hydrogens is 363 g/mol. The van der Waals surface area contributed by atoms with Crippen molar-refractivity contribution in [1.29, 1.82) is 0 Å². The number of aromatic amines is 1. The maximum atomic E-state index is 12.2. The van der Waals surface area contributed by atoms with Crippen LogP contribution in [0, 0.1) is 13.8 Å². The summed E-state index contributed by atoms with van der Waals surface area (Å²) in [6.45, 7) is 3.60. The average Bonchev–Trinajstić information content (AvgIpc) is 2.79. The minimum Gasteiger partial charge on any atom is -0.322 e. The molecule has 0 saturated heterocycles. The van der Waals surface area contributed by atoms with E-state index in [1.807, 2.05) is 6.92 Å². The molecule has 0 unspecified atom stereocenters. The molecule has 0 fully saturated rings. The molecule has 0 aliphatic rings. The highest BCUT2D eigenvalue weighted by Crippen LogP contribution is 2.27. The first-order chi connectivity index (χ1) is 10.7. The Labute approximate surface area is 147 Å². The van der Waals surface area contributed by atoms with E-state index in [1.54, 1.807) is 19.1 Å². The van der Waals surface area contributed by atoms with Crippen LogP contribution >= 0.6 is 34.8 Å². The molecule has 2 aromatic rings. The summed E-state index contributed by atoms with van der Waals surface area (Å²) < 4.78 is -2.05. The van der Waals surface area contributed by atoms with Gasteiger partial charge in [-0.15, -0.1) is 0 Å². The zero-order valence-electron chi connectivity index (χ0n) is 12.2. The van der Waals surface area contributed by atoms with E-state index in [0.29, 0.717) is 22.6 Å². The molecule has 2 amide bonds. The van der Waals surface area contributed by atoms with Gasteiger partial charge in [-0.1, -0.05) is 34.8 Å². The SMILES string of the molecule is Cc1n[nH]c(C)c1NC(=O)c1ccc(NC(=O)C(Cl)(Cl)Cl)cc1. The van der Waals surface area contributed by atoms with Gasteiger partial charge in [-0.05, 0) is 38.1 Å². The van der Waals surface area contributed by atoms with E-state index in [0.717, 1.165) is 5.69 Å². The molecule has 1 heterocycles. The third kappa shape index (κ3) is 4.37. The zero-order valence-corrected chi connectivity index (χ0v) is 14.5. The second kappa shape index (κ2) is 6.78. The lowest BCUT2D eigenvalue weighted by Gasteiger charge is -2.11. The van der Waals surface area contributed by atoms with Crippen molar-refractivity contribution in [2.24, 2.45) is 0 Å². The highest BCUT2D eigenvalue weighted by molar-refractivity contribution is 6.76. The van der Waals surface area contributed by atoms with Crippen LogP contribution in [0.25, 0.3) is 0 Å². The van der Waals surface area contributed by atoms with E-state index in [4.69, 9.17) is 34.8 Å². The summed E-state index contributed by atoms with van der Waals surface area (Å²) in [4.78, 5) is 23.7. The van der Waals surface area contributed by atoms with Gasteiger partial charge in [-0.3, -0.25) is 14.7 Å². The predicted octanol–water partition coefficient (Wildman–Crippen LogP) is 3.59. The molecule has 0 spiro atoms. The van der Waals surface area contributed by atoms with E-state index in [2.05, 4.69) is 20.8 Å². The smallest absolute Gasteiger partial charge is 0.276 e. The number of H-pyrrole nitrogens is 1. The van der Waals surface area contributed by atoms with Gasteiger partial charge in [0, 0.05) is 11.3 Å². The fourth-order valence-electron chi connectivity index (χ4n) is 1.83. The van der Waals surface area contributed by atoms with Crippen LogP contribution in [0.4, 0.5) is 11.4 Å². The van der Waals surface area contributed by atoms with Crippen LogP contribution in [0.15, 0.2) is 24.3 Å². The summed E-state index contributed by atoms with van der Waals surface area (Å²) in [5.41, 5.74) is 2.93. The summed E-state index contributed by atoms with van der Waals surface area (Å²) in [7, 11) is 0. The molecule has 1 aromatic carbocycles. The largest absolute Gasteiger partial charge is 0.322 e. The van der Waals surface area contributed by atoms with Crippen molar-refractivity contribution in [2.75, 3.05) is 10.6 Å². The molecule has 0 radical (unpaired) electrons. The summed E-state index contributed by atoms with van der Waals surface area (Å²) in [5.74, 6) is -1.07. The number of nitrogens with zero attached hydrogens (tertiary/aromatic N) is 1. The van der Waals surface area contributed by atoms with E-state index >= 15 is 0 Å².